The van der Waals surface area contributed by atoms with Crippen molar-refractivity contribution in [2.75, 3.05) is 5.32 Å². The number of rotatable bonds is 4. The minimum absolute atomic E-state index is 0.0598. The third-order valence-electron chi connectivity index (χ3n) is 9.02. The molecule has 6 nitrogen and oxygen atoms in total. The SMILES string of the molecule is O=C(N[C@H]1CC[C@H](O)CC1)[C@@H]1N[C@H](C=C2CCCC2)[C@]2(C(=O)Nc3cc(Cl)ccc32)[C@H]1c1cccc(Cl)c1F. The molecular weight excluding hydrogens is 540 g/mol. The second-order valence-corrected chi connectivity index (χ2v) is 12.1. The molecule has 2 aliphatic carbocycles. The molecule has 206 valence electrons. The van der Waals surface area contributed by atoms with Crippen LogP contribution >= 0.6 is 23.2 Å². The highest BCUT2D eigenvalue weighted by atomic mass is 35.5. The highest BCUT2D eigenvalue weighted by Crippen LogP contribution is 2.56. The van der Waals surface area contributed by atoms with E-state index in [9.17, 15) is 14.7 Å². The first-order valence-corrected chi connectivity index (χ1v) is 14.5. The van der Waals surface area contributed by atoms with Crippen LogP contribution in [0.4, 0.5) is 10.1 Å². The molecule has 0 radical (unpaired) electrons. The van der Waals surface area contributed by atoms with Crippen LogP contribution in [-0.2, 0) is 15.0 Å². The van der Waals surface area contributed by atoms with Gasteiger partial charge in [-0.15, -0.1) is 0 Å². The molecule has 2 aliphatic heterocycles. The van der Waals surface area contributed by atoms with Crippen molar-refractivity contribution in [3.05, 3.63) is 75.0 Å². The molecule has 39 heavy (non-hydrogen) atoms. The van der Waals surface area contributed by atoms with Crippen LogP contribution in [0.2, 0.25) is 10.0 Å². The molecule has 2 aromatic rings. The smallest absolute Gasteiger partial charge is 0.238 e. The van der Waals surface area contributed by atoms with Crippen LogP contribution in [0.5, 0.6) is 0 Å². The zero-order valence-electron chi connectivity index (χ0n) is 21.5. The maximum absolute atomic E-state index is 15.8. The van der Waals surface area contributed by atoms with Gasteiger partial charge in [0.15, 0.2) is 0 Å². The molecule has 0 aromatic heterocycles. The van der Waals surface area contributed by atoms with Crippen molar-refractivity contribution in [3.63, 3.8) is 0 Å². The summed E-state index contributed by atoms with van der Waals surface area (Å²) in [5, 5.41) is 20.0. The first kappa shape index (κ1) is 26.8. The van der Waals surface area contributed by atoms with E-state index in [-0.39, 0.29) is 34.5 Å². The molecule has 0 unspecified atom stereocenters. The summed E-state index contributed by atoms with van der Waals surface area (Å²) in [5.41, 5.74) is 1.41. The van der Waals surface area contributed by atoms with Gasteiger partial charge >= 0.3 is 0 Å². The van der Waals surface area contributed by atoms with Crippen molar-refractivity contribution in [2.45, 2.75) is 86.9 Å². The monoisotopic (exact) mass is 571 g/mol. The van der Waals surface area contributed by atoms with Gasteiger partial charge in [0.25, 0.3) is 0 Å². The lowest BCUT2D eigenvalue weighted by molar-refractivity contribution is -0.124. The molecule has 6 rings (SSSR count). The summed E-state index contributed by atoms with van der Waals surface area (Å²) >= 11 is 12.6. The normalized spacial score (nSPS) is 31.8. The van der Waals surface area contributed by atoms with E-state index < -0.39 is 29.2 Å². The molecule has 1 spiro atoms. The standard InChI is InChI=1S/C30H32Cl2FN3O3/c31-17-8-13-21-23(15-17)35-29(39)30(21)24(14-16-4-1-2-5-16)36-27(25(30)20-6-3-7-22(32)26(20)33)28(38)34-18-9-11-19(37)12-10-18/h3,6-8,13-15,18-19,24-25,27,36-37H,1-2,4-5,9-12H2,(H,34,38)(H,35,39)/t18-,19-,24-,25+,27-,30+/m1/s1. The van der Waals surface area contributed by atoms with E-state index in [2.05, 4.69) is 22.0 Å². The number of carbonyl (C=O) groups is 2. The van der Waals surface area contributed by atoms with Crippen LogP contribution in [-0.4, -0.2) is 41.2 Å². The zero-order chi connectivity index (χ0) is 27.3. The lowest BCUT2D eigenvalue weighted by Crippen LogP contribution is -2.49. The van der Waals surface area contributed by atoms with Gasteiger partial charge < -0.3 is 15.7 Å². The van der Waals surface area contributed by atoms with Crippen molar-refractivity contribution in [3.8, 4) is 0 Å². The van der Waals surface area contributed by atoms with Gasteiger partial charge in [0.05, 0.1) is 17.2 Å². The van der Waals surface area contributed by atoms with Crippen LogP contribution in [0.25, 0.3) is 0 Å². The van der Waals surface area contributed by atoms with E-state index in [1.54, 1.807) is 24.3 Å². The minimum Gasteiger partial charge on any atom is -0.393 e. The summed E-state index contributed by atoms with van der Waals surface area (Å²) < 4.78 is 15.8. The first-order valence-electron chi connectivity index (χ1n) is 13.8. The van der Waals surface area contributed by atoms with Crippen LogP contribution in [0, 0.1) is 5.82 Å². The molecule has 2 heterocycles. The van der Waals surface area contributed by atoms with Crippen molar-refractivity contribution >= 4 is 40.7 Å². The second-order valence-electron chi connectivity index (χ2n) is 11.3. The largest absolute Gasteiger partial charge is 0.393 e. The van der Waals surface area contributed by atoms with E-state index in [1.807, 2.05) is 6.07 Å². The molecule has 1 saturated heterocycles. The number of halogens is 3. The average Bonchev–Trinajstić information content (AvgIpc) is 3.61. The fourth-order valence-corrected chi connectivity index (χ4v) is 7.51. The number of anilines is 1. The van der Waals surface area contributed by atoms with Crippen LogP contribution < -0.4 is 16.0 Å². The Labute approximate surface area is 237 Å². The second kappa shape index (κ2) is 10.5. The van der Waals surface area contributed by atoms with Gasteiger partial charge in [-0.25, -0.2) is 4.39 Å². The Bertz CT molecular complexity index is 1330. The number of carbonyl (C=O) groups excluding carboxylic acids is 2. The van der Waals surface area contributed by atoms with Crippen LogP contribution in [0.15, 0.2) is 48.0 Å². The lowest BCUT2D eigenvalue weighted by atomic mass is 9.64. The van der Waals surface area contributed by atoms with E-state index in [4.69, 9.17) is 23.2 Å². The fourth-order valence-electron chi connectivity index (χ4n) is 7.16. The molecule has 2 aromatic carbocycles. The highest BCUT2D eigenvalue weighted by Gasteiger charge is 2.65. The van der Waals surface area contributed by atoms with Gasteiger partial charge in [0, 0.05) is 28.7 Å². The van der Waals surface area contributed by atoms with Gasteiger partial charge in [0.2, 0.25) is 11.8 Å². The predicted molar refractivity (Wildman–Crippen MR) is 150 cm³/mol. The van der Waals surface area contributed by atoms with Crippen molar-refractivity contribution in [2.24, 2.45) is 0 Å². The van der Waals surface area contributed by atoms with Gasteiger partial charge in [-0.2, -0.15) is 0 Å². The third kappa shape index (κ3) is 4.57. The summed E-state index contributed by atoms with van der Waals surface area (Å²) in [6.07, 6.45) is 8.31. The number of aliphatic hydroxyl groups is 1. The number of fused-ring (bicyclic) bond motifs is 2. The third-order valence-corrected chi connectivity index (χ3v) is 9.54. The molecule has 2 amide bonds. The van der Waals surface area contributed by atoms with Gasteiger partial charge in [-0.3, -0.25) is 14.9 Å². The van der Waals surface area contributed by atoms with Crippen molar-refractivity contribution < 1.29 is 19.1 Å². The number of allylic oxidation sites excluding steroid dienone is 1. The molecule has 4 N–H and O–H groups in total. The van der Waals surface area contributed by atoms with E-state index in [1.165, 1.54) is 11.6 Å². The molecule has 4 aliphatic rings. The van der Waals surface area contributed by atoms with Gasteiger partial charge in [0.1, 0.15) is 11.2 Å². The van der Waals surface area contributed by atoms with Gasteiger partial charge in [-0.1, -0.05) is 53.1 Å². The maximum atomic E-state index is 15.8. The molecule has 9 heteroatoms. The Morgan fingerprint density at radius 2 is 1.85 bits per heavy atom. The highest BCUT2D eigenvalue weighted by molar-refractivity contribution is 6.31. The molecule has 4 atom stereocenters. The summed E-state index contributed by atoms with van der Waals surface area (Å²) in [4.78, 5) is 28.2. The maximum Gasteiger partial charge on any atom is 0.238 e. The van der Waals surface area contributed by atoms with E-state index in [0.29, 0.717) is 42.0 Å². The zero-order valence-corrected chi connectivity index (χ0v) is 23.0. The summed E-state index contributed by atoms with van der Waals surface area (Å²) in [6.45, 7) is 0. The number of hydrogen-bond donors (Lipinski definition) is 4. The van der Waals surface area contributed by atoms with Gasteiger partial charge in [-0.05, 0) is 80.7 Å². The molecule has 2 saturated carbocycles. The number of amides is 2. The van der Waals surface area contributed by atoms with Crippen LogP contribution in [0.1, 0.15) is 68.4 Å². The Morgan fingerprint density at radius 3 is 2.59 bits per heavy atom. The number of nitrogens with one attached hydrogen (secondary N) is 3. The predicted octanol–water partition coefficient (Wildman–Crippen LogP) is 5.37. The topological polar surface area (TPSA) is 90.5 Å². The Kier molecular flexibility index (Phi) is 7.21. The number of benzene rings is 2. The Balaban J connectivity index is 1.51. The van der Waals surface area contributed by atoms with E-state index in [0.717, 1.165) is 25.7 Å². The average molecular weight is 573 g/mol. The molecular formula is C30H32Cl2FN3O3. The summed E-state index contributed by atoms with van der Waals surface area (Å²) in [5.74, 6) is -2.10. The van der Waals surface area contributed by atoms with E-state index >= 15 is 4.39 Å². The van der Waals surface area contributed by atoms with Crippen molar-refractivity contribution in [1.29, 1.82) is 0 Å². The summed E-state index contributed by atoms with van der Waals surface area (Å²) in [6, 6.07) is 8.45. The first-order chi connectivity index (χ1) is 18.8. The molecule has 3 fully saturated rings. The Morgan fingerprint density at radius 1 is 1.10 bits per heavy atom. The lowest BCUT2D eigenvalue weighted by Gasteiger charge is -2.35. The Hall–Kier alpha value is -2.45. The summed E-state index contributed by atoms with van der Waals surface area (Å²) in [7, 11) is 0. The fraction of sp³-hybridized carbons (Fsp3) is 0.467. The van der Waals surface area contributed by atoms with Crippen molar-refractivity contribution in [1.82, 2.24) is 10.6 Å². The number of hydrogen-bond acceptors (Lipinski definition) is 4. The van der Waals surface area contributed by atoms with Crippen LogP contribution in [0.3, 0.4) is 0 Å². The minimum atomic E-state index is -1.30. The quantitative estimate of drug-likeness (QED) is 0.371. The number of aliphatic hydroxyl groups excluding tert-OH is 1. The molecule has 0 bridgehead atoms.